The van der Waals surface area contributed by atoms with Crippen molar-refractivity contribution in [2.75, 3.05) is 37.9 Å². The summed E-state index contributed by atoms with van der Waals surface area (Å²) in [6, 6.07) is 6.17. The van der Waals surface area contributed by atoms with Crippen LogP contribution in [0.3, 0.4) is 0 Å². The van der Waals surface area contributed by atoms with Gasteiger partial charge in [-0.15, -0.1) is 0 Å². The molecule has 2 aliphatic rings. The molecule has 1 aromatic rings. The Bertz CT molecular complexity index is 816. The Balaban J connectivity index is 1.47. The largest absolute Gasteiger partial charge is 0.491 e. The number of rotatable bonds is 8. The Kier molecular flexibility index (Phi) is 7.13. The summed E-state index contributed by atoms with van der Waals surface area (Å²) >= 11 is 0. The zero-order valence-corrected chi connectivity index (χ0v) is 17.4. The van der Waals surface area contributed by atoms with Crippen molar-refractivity contribution in [3.63, 3.8) is 0 Å². The van der Waals surface area contributed by atoms with Crippen molar-refractivity contribution >= 4 is 21.7 Å². The summed E-state index contributed by atoms with van der Waals surface area (Å²) in [6.07, 6.45) is 2.56. The maximum absolute atomic E-state index is 12.4. The molecule has 0 N–H and O–H groups in total. The van der Waals surface area contributed by atoms with Crippen molar-refractivity contribution < 1.29 is 32.2 Å². The van der Waals surface area contributed by atoms with E-state index in [4.69, 9.17) is 14.2 Å². The van der Waals surface area contributed by atoms with E-state index >= 15 is 0 Å². The van der Waals surface area contributed by atoms with E-state index in [1.807, 2.05) is 0 Å². The first-order chi connectivity index (χ1) is 13.9. The molecule has 3 rings (SSSR count). The molecule has 0 radical (unpaired) electrons. The van der Waals surface area contributed by atoms with Gasteiger partial charge in [-0.25, -0.2) is 13.2 Å². The molecule has 1 aromatic carbocycles. The summed E-state index contributed by atoms with van der Waals surface area (Å²) < 4.78 is 39.6. The highest BCUT2D eigenvalue weighted by atomic mass is 32.2. The van der Waals surface area contributed by atoms with Crippen molar-refractivity contribution in [2.45, 2.75) is 38.3 Å². The van der Waals surface area contributed by atoms with E-state index in [0.29, 0.717) is 30.9 Å². The number of nitrogens with zero attached hydrogens (tertiary/aromatic N) is 1. The average Bonchev–Trinajstić information content (AvgIpc) is 3.35. The van der Waals surface area contributed by atoms with E-state index in [1.165, 1.54) is 4.90 Å². The second-order valence-corrected chi connectivity index (χ2v) is 9.51. The van der Waals surface area contributed by atoms with Crippen LogP contribution in [-0.2, 0) is 24.1 Å². The summed E-state index contributed by atoms with van der Waals surface area (Å²) in [5.41, 5.74) is 0.314. The molecule has 2 heterocycles. The van der Waals surface area contributed by atoms with Crippen LogP contribution in [0.15, 0.2) is 24.3 Å². The maximum atomic E-state index is 12.4. The van der Waals surface area contributed by atoms with Gasteiger partial charge >= 0.3 is 5.97 Å². The van der Waals surface area contributed by atoms with Crippen LogP contribution < -0.4 is 4.74 Å². The summed E-state index contributed by atoms with van der Waals surface area (Å²) in [5, 5.41) is 0. The third-order valence-corrected chi connectivity index (χ3v) is 6.94. The SMILES string of the molecule is CCN(C(=O)COC(=O)c1ccc(OC[C@@H]2CCCO2)cc1)[C@H]1CCS(=O)(=O)C1. The molecule has 2 aliphatic heterocycles. The molecular formula is C20H27NO7S. The van der Waals surface area contributed by atoms with Crippen LogP contribution in [0.5, 0.6) is 5.75 Å². The van der Waals surface area contributed by atoms with E-state index in [9.17, 15) is 18.0 Å². The highest BCUT2D eigenvalue weighted by Gasteiger charge is 2.34. The van der Waals surface area contributed by atoms with Crippen LogP contribution in [0.25, 0.3) is 0 Å². The number of hydrogen-bond donors (Lipinski definition) is 0. The molecule has 8 nitrogen and oxygen atoms in total. The van der Waals surface area contributed by atoms with Crippen molar-refractivity contribution in [2.24, 2.45) is 0 Å². The van der Waals surface area contributed by atoms with Crippen molar-refractivity contribution in [3.05, 3.63) is 29.8 Å². The summed E-state index contributed by atoms with van der Waals surface area (Å²) in [7, 11) is -3.09. The Morgan fingerprint density at radius 3 is 2.55 bits per heavy atom. The van der Waals surface area contributed by atoms with Crippen LogP contribution in [0.4, 0.5) is 0 Å². The molecule has 0 bridgehead atoms. The lowest BCUT2D eigenvalue weighted by Gasteiger charge is -2.26. The molecule has 2 fully saturated rings. The summed E-state index contributed by atoms with van der Waals surface area (Å²) in [4.78, 5) is 26.1. The number of sulfone groups is 1. The quantitative estimate of drug-likeness (QED) is 0.581. The zero-order chi connectivity index (χ0) is 20.9. The predicted octanol–water partition coefficient (Wildman–Crippen LogP) is 1.44. The fraction of sp³-hybridized carbons (Fsp3) is 0.600. The molecule has 0 saturated carbocycles. The third-order valence-electron chi connectivity index (χ3n) is 5.19. The lowest BCUT2D eigenvalue weighted by molar-refractivity contribution is -0.136. The van der Waals surface area contributed by atoms with Crippen molar-refractivity contribution in [1.29, 1.82) is 0 Å². The van der Waals surface area contributed by atoms with Crippen LogP contribution >= 0.6 is 0 Å². The van der Waals surface area contributed by atoms with E-state index in [-0.39, 0.29) is 29.6 Å². The van der Waals surface area contributed by atoms with Crippen molar-refractivity contribution in [1.82, 2.24) is 4.90 Å². The first kappa shape index (κ1) is 21.6. The van der Waals surface area contributed by atoms with Gasteiger partial charge in [-0.1, -0.05) is 0 Å². The van der Waals surface area contributed by atoms with Gasteiger partial charge in [0.1, 0.15) is 12.4 Å². The fourth-order valence-corrected chi connectivity index (χ4v) is 5.34. The monoisotopic (exact) mass is 425 g/mol. The molecule has 0 unspecified atom stereocenters. The van der Waals surface area contributed by atoms with E-state index in [1.54, 1.807) is 31.2 Å². The zero-order valence-electron chi connectivity index (χ0n) is 16.5. The van der Waals surface area contributed by atoms with Gasteiger partial charge in [0.05, 0.1) is 23.2 Å². The van der Waals surface area contributed by atoms with Gasteiger partial charge in [-0.3, -0.25) is 4.79 Å². The number of benzene rings is 1. The highest BCUT2D eigenvalue weighted by Crippen LogP contribution is 2.19. The summed E-state index contributed by atoms with van der Waals surface area (Å²) in [5.74, 6) is -0.317. The maximum Gasteiger partial charge on any atom is 0.338 e. The normalized spacial score (nSPS) is 22.9. The minimum atomic E-state index is -3.09. The van der Waals surface area contributed by atoms with Crippen molar-refractivity contribution in [3.8, 4) is 5.75 Å². The van der Waals surface area contributed by atoms with Crippen LogP contribution in [0.2, 0.25) is 0 Å². The Morgan fingerprint density at radius 1 is 1.21 bits per heavy atom. The van der Waals surface area contributed by atoms with Gasteiger partial charge in [-0.05, 0) is 50.5 Å². The molecule has 29 heavy (non-hydrogen) atoms. The molecule has 0 spiro atoms. The first-order valence-corrected chi connectivity index (χ1v) is 11.7. The number of carbonyl (C=O) groups is 2. The second-order valence-electron chi connectivity index (χ2n) is 7.28. The number of ether oxygens (including phenoxy) is 3. The topological polar surface area (TPSA) is 99.2 Å². The summed E-state index contributed by atoms with van der Waals surface area (Å²) in [6.45, 7) is 2.97. The number of amides is 1. The van der Waals surface area contributed by atoms with Crippen LogP contribution in [0.1, 0.15) is 36.5 Å². The molecule has 2 saturated heterocycles. The lowest BCUT2D eigenvalue weighted by Crippen LogP contribution is -2.43. The first-order valence-electron chi connectivity index (χ1n) is 9.89. The van der Waals surface area contributed by atoms with Crippen LogP contribution in [0, 0.1) is 0 Å². The molecule has 1 amide bonds. The van der Waals surface area contributed by atoms with Crippen LogP contribution in [-0.4, -0.2) is 75.2 Å². The second kappa shape index (κ2) is 9.58. The molecular weight excluding hydrogens is 398 g/mol. The van der Waals surface area contributed by atoms with E-state index < -0.39 is 22.4 Å². The average molecular weight is 426 g/mol. The van der Waals surface area contributed by atoms with Gasteiger partial charge < -0.3 is 19.1 Å². The molecule has 160 valence electrons. The van der Waals surface area contributed by atoms with E-state index in [2.05, 4.69) is 0 Å². The smallest absolute Gasteiger partial charge is 0.338 e. The fourth-order valence-electron chi connectivity index (χ4n) is 3.61. The molecule has 0 aromatic heterocycles. The molecule has 2 atom stereocenters. The number of likely N-dealkylation sites (N-methyl/N-ethyl adjacent to an activating group) is 1. The number of hydrogen-bond acceptors (Lipinski definition) is 7. The Hall–Kier alpha value is -2.13. The number of carbonyl (C=O) groups excluding carboxylic acids is 2. The van der Waals surface area contributed by atoms with Gasteiger partial charge in [0.25, 0.3) is 5.91 Å². The van der Waals surface area contributed by atoms with Gasteiger partial charge in [-0.2, -0.15) is 0 Å². The van der Waals surface area contributed by atoms with Gasteiger partial charge in [0.2, 0.25) is 0 Å². The van der Waals surface area contributed by atoms with E-state index in [0.717, 1.165) is 19.4 Å². The third kappa shape index (κ3) is 5.93. The minimum Gasteiger partial charge on any atom is -0.491 e. The molecule has 9 heteroatoms. The predicted molar refractivity (Wildman–Crippen MR) is 106 cm³/mol. The standard InChI is InChI=1S/C20H27NO7S/c1-2-21(16-9-11-29(24,25)14-16)19(22)13-28-20(23)15-5-7-17(8-6-15)27-12-18-4-3-10-26-18/h5-8,16,18H,2-4,9-14H2,1H3/t16-,18-/m0/s1. The lowest BCUT2D eigenvalue weighted by atomic mass is 10.2. The Labute approximate surface area is 171 Å². The molecule has 0 aliphatic carbocycles. The minimum absolute atomic E-state index is 0.0338. The van der Waals surface area contributed by atoms with Gasteiger partial charge in [0, 0.05) is 19.2 Å². The van der Waals surface area contributed by atoms with Gasteiger partial charge in [0.15, 0.2) is 16.4 Å². The number of esters is 1. The Morgan fingerprint density at radius 2 is 1.97 bits per heavy atom. The highest BCUT2D eigenvalue weighted by molar-refractivity contribution is 7.91.